The highest BCUT2D eigenvalue weighted by Gasteiger charge is 2.15. The lowest BCUT2D eigenvalue weighted by Gasteiger charge is -2.19. The number of aromatic nitrogens is 2. The molecule has 3 rings (SSSR count). The Kier molecular flexibility index (Phi) is 9.66. The Morgan fingerprint density at radius 3 is 2.47 bits per heavy atom. The number of nitrogens with one attached hydrogen (secondary N) is 2. The van der Waals surface area contributed by atoms with Crippen LogP contribution in [-0.4, -0.2) is 51.8 Å². The Hall–Kier alpha value is -3.17. The van der Waals surface area contributed by atoms with Gasteiger partial charge in [0.25, 0.3) is 5.56 Å². The van der Waals surface area contributed by atoms with Crippen LogP contribution >= 0.6 is 11.8 Å². The van der Waals surface area contributed by atoms with Crippen molar-refractivity contribution in [3.63, 3.8) is 0 Å². The highest BCUT2D eigenvalue weighted by atomic mass is 32.2. The maximum absolute atomic E-state index is 13.1. The average molecular weight is 482 g/mol. The number of urea groups is 1. The van der Waals surface area contributed by atoms with E-state index in [2.05, 4.69) is 34.4 Å². The molecular formula is C25H31N5O3S. The minimum Gasteiger partial charge on any atom is -0.334 e. The number of para-hydroxylation sites is 1. The van der Waals surface area contributed by atoms with E-state index in [1.165, 1.54) is 0 Å². The van der Waals surface area contributed by atoms with Gasteiger partial charge in [0.1, 0.15) is 0 Å². The van der Waals surface area contributed by atoms with E-state index in [1.54, 1.807) is 16.7 Å². The smallest absolute Gasteiger partial charge is 0.321 e. The topological polar surface area (TPSA) is 96.3 Å². The van der Waals surface area contributed by atoms with Gasteiger partial charge in [0.2, 0.25) is 5.91 Å². The van der Waals surface area contributed by atoms with E-state index in [1.807, 2.05) is 42.5 Å². The van der Waals surface area contributed by atoms with Crippen LogP contribution in [0.15, 0.2) is 64.5 Å². The maximum atomic E-state index is 13.1. The second-order valence-electron chi connectivity index (χ2n) is 7.75. The molecule has 34 heavy (non-hydrogen) atoms. The number of hydrogen-bond donors (Lipinski definition) is 2. The number of rotatable bonds is 11. The molecule has 0 bridgehead atoms. The van der Waals surface area contributed by atoms with Gasteiger partial charge < -0.3 is 10.2 Å². The summed E-state index contributed by atoms with van der Waals surface area (Å²) in [4.78, 5) is 44.5. The first-order chi connectivity index (χ1) is 16.5. The number of imide groups is 1. The molecule has 0 saturated carbocycles. The summed E-state index contributed by atoms with van der Waals surface area (Å²) in [7, 11) is 0. The lowest BCUT2D eigenvalue weighted by molar-refractivity contribution is -0.117. The Morgan fingerprint density at radius 1 is 1.03 bits per heavy atom. The van der Waals surface area contributed by atoms with Crippen LogP contribution in [0, 0.1) is 0 Å². The number of amides is 3. The number of benzene rings is 2. The normalized spacial score (nSPS) is 11.0. The van der Waals surface area contributed by atoms with Crippen molar-refractivity contribution >= 4 is 34.6 Å². The predicted molar refractivity (Wildman–Crippen MR) is 136 cm³/mol. The number of nitrogens with zero attached hydrogens (tertiary/aromatic N) is 3. The van der Waals surface area contributed by atoms with Gasteiger partial charge in [0.05, 0.1) is 16.7 Å². The number of carbonyl (C=O) groups excluding carboxylic acids is 2. The van der Waals surface area contributed by atoms with Gasteiger partial charge in [-0.3, -0.25) is 19.5 Å². The van der Waals surface area contributed by atoms with Crippen molar-refractivity contribution in [2.45, 2.75) is 38.5 Å². The van der Waals surface area contributed by atoms with Crippen molar-refractivity contribution in [1.82, 2.24) is 25.1 Å². The first kappa shape index (κ1) is 25.5. The van der Waals surface area contributed by atoms with E-state index in [4.69, 9.17) is 0 Å². The Labute approximate surface area is 203 Å². The number of carbonyl (C=O) groups is 2. The van der Waals surface area contributed by atoms with E-state index in [0.29, 0.717) is 29.1 Å². The van der Waals surface area contributed by atoms with Crippen LogP contribution in [-0.2, 0) is 17.9 Å². The van der Waals surface area contributed by atoms with E-state index >= 15 is 0 Å². The minimum atomic E-state index is -0.558. The zero-order chi connectivity index (χ0) is 24.3. The van der Waals surface area contributed by atoms with Gasteiger partial charge >= 0.3 is 6.03 Å². The standard InChI is InChI=1S/C25H31N5O3S/c1-3-29(4-2)15-10-16-30-23(32)20-13-8-9-14-21(20)27-25(30)34-18-22(31)28-24(33)26-17-19-11-6-5-7-12-19/h5-9,11-14H,3-4,10,15-18H2,1-2H3,(H2,26,28,31,33). The molecule has 1 heterocycles. The Bertz CT molecular complexity index is 1160. The molecule has 0 radical (unpaired) electrons. The monoisotopic (exact) mass is 481 g/mol. The Balaban J connectivity index is 1.64. The van der Waals surface area contributed by atoms with Gasteiger partial charge in [-0.2, -0.15) is 0 Å². The molecule has 0 aliphatic rings. The first-order valence-corrected chi connectivity index (χ1v) is 12.5. The number of fused-ring (bicyclic) bond motifs is 1. The van der Waals surface area contributed by atoms with Crippen molar-refractivity contribution in [3.05, 3.63) is 70.5 Å². The fourth-order valence-corrected chi connectivity index (χ4v) is 4.39. The lowest BCUT2D eigenvalue weighted by Crippen LogP contribution is -2.40. The molecule has 0 aliphatic heterocycles. The third-order valence-electron chi connectivity index (χ3n) is 5.46. The van der Waals surface area contributed by atoms with Crippen LogP contribution < -0.4 is 16.2 Å². The van der Waals surface area contributed by atoms with E-state index in [0.717, 1.165) is 43.4 Å². The summed E-state index contributed by atoms with van der Waals surface area (Å²) in [5.74, 6) is -0.479. The molecule has 9 heteroatoms. The van der Waals surface area contributed by atoms with Crippen molar-refractivity contribution in [2.24, 2.45) is 0 Å². The molecule has 3 amide bonds. The third-order valence-corrected chi connectivity index (χ3v) is 6.43. The summed E-state index contributed by atoms with van der Waals surface area (Å²) in [6.07, 6.45) is 0.795. The number of hydrogen-bond acceptors (Lipinski definition) is 6. The van der Waals surface area contributed by atoms with E-state index in [9.17, 15) is 14.4 Å². The molecule has 3 aromatic rings. The van der Waals surface area contributed by atoms with Crippen LogP contribution in [0.1, 0.15) is 25.8 Å². The Morgan fingerprint density at radius 2 is 1.74 bits per heavy atom. The second-order valence-corrected chi connectivity index (χ2v) is 8.70. The van der Waals surface area contributed by atoms with Gasteiger partial charge in [0.15, 0.2) is 5.16 Å². The van der Waals surface area contributed by atoms with Gasteiger partial charge in [-0.25, -0.2) is 9.78 Å². The summed E-state index contributed by atoms with van der Waals surface area (Å²) < 4.78 is 1.64. The fraction of sp³-hybridized carbons (Fsp3) is 0.360. The average Bonchev–Trinajstić information content (AvgIpc) is 2.86. The van der Waals surface area contributed by atoms with E-state index < -0.39 is 11.9 Å². The molecule has 0 saturated heterocycles. The molecule has 8 nitrogen and oxygen atoms in total. The molecule has 0 spiro atoms. The summed E-state index contributed by atoms with van der Waals surface area (Å²) in [5.41, 5.74) is 1.42. The quantitative estimate of drug-likeness (QED) is 0.322. The van der Waals surface area contributed by atoms with Crippen LogP contribution in [0.2, 0.25) is 0 Å². The summed E-state index contributed by atoms with van der Waals surface area (Å²) >= 11 is 1.16. The molecule has 2 N–H and O–H groups in total. The van der Waals surface area contributed by atoms with Crippen molar-refractivity contribution in [1.29, 1.82) is 0 Å². The van der Waals surface area contributed by atoms with Gasteiger partial charge in [-0.1, -0.05) is 68.1 Å². The van der Waals surface area contributed by atoms with Crippen LogP contribution in [0.3, 0.4) is 0 Å². The minimum absolute atomic E-state index is 0.0282. The van der Waals surface area contributed by atoms with Gasteiger partial charge in [-0.15, -0.1) is 0 Å². The van der Waals surface area contributed by atoms with Crippen LogP contribution in [0.5, 0.6) is 0 Å². The molecule has 1 aromatic heterocycles. The number of thioether (sulfide) groups is 1. The molecule has 0 fully saturated rings. The SMILES string of the molecule is CCN(CC)CCCn1c(SCC(=O)NC(=O)NCc2ccccc2)nc2ccccc2c1=O. The molecule has 2 aromatic carbocycles. The maximum Gasteiger partial charge on any atom is 0.321 e. The zero-order valence-corrected chi connectivity index (χ0v) is 20.4. The van der Waals surface area contributed by atoms with Crippen molar-refractivity contribution < 1.29 is 9.59 Å². The van der Waals surface area contributed by atoms with Crippen molar-refractivity contribution in [3.8, 4) is 0 Å². The highest BCUT2D eigenvalue weighted by Crippen LogP contribution is 2.18. The summed E-state index contributed by atoms with van der Waals surface area (Å²) in [5, 5.41) is 6.03. The van der Waals surface area contributed by atoms with Crippen LogP contribution in [0.4, 0.5) is 4.79 Å². The lowest BCUT2D eigenvalue weighted by atomic mass is 10.2. The first-order valence-electron chi connectivity index (χ1n) is 11.5. The predicted octanol–water partition coefficient (Wildman–Crippen LogP) is 3.25. The fourth-order valence-electron chi connectivity index (χ4n) is 3.56. The zero-order valence-electron chi connectivity index (χ0n) is 19.6. The summed E-state index contributed by atoms with van der Waals surface area (Å²) in [6, 6.07) is 16.1. The van der Waals surface area contributed by atoms with Crippen LogP contribution in [0.25, 0.3) is 10.9 Å². The molecule has 180 valence electrons. The van der Waals surface area contributed by atoms with E-state index in [-0.39, 0.29) is 11.3 Å². The third kappa shape index (κ3) is 7.16. The van der Waals surface area contributed by atoms with Gasteiger partial charge in [0, 0.05) is 13.1 Å². The van der Waals surface area contributed by atoms with Crippen molar-refractivity contribution in [2.75, 3.05) is 25.4 Å². The molecule has 0 unspecified atom stereocenters. The molecular weight excluding hydrogens is 450 g/mol. The molecule has 0 atom stereocenters. The van der Waals surface area contributed by atoms with Gasteiger partial charge in [-0.05, 0) is 43.8 Å². The molecule has 0 aliphatic carbocycles. The summed E-state index contributed by atoms with van der Waals surface area (Å²) in [6.45, 7) is 7.84. The highest BCUT2D eigenvalue weighted by molar-refractivity contribution is 7.99. The second kappa shape index (κ2) is 12.9. The largest absolute Gasteiger partial charge is 0.334 e.